The second-order valence-electron chi connectivity index (χ2n) is 10.4. The number of urea groups is 1. The molecule has 0 radical (unpaired) electrons. The molecule has 2 aliphatic heterocycles. The Labute approximate surface area is 218 Å². The third-order valence-corrected chi connectivity index (χ3v) is 8.09. The Morgan fingerprint density at radius 2 is 1.65 bits per heavy atom. The lowest BCUT2D eigenvalue weighted by atomic mass is 9.79. The van der Waals surface area contributed by atoms with E-state index in [0.29, 0.717) is 13.1 Å². The predicted molar refractivity (Wildman–Crippen MR) is 143 cm³/mol. The molecular formula is C29H37N5O3. The van der Waals surface area contributed by atoms with E-state index in [0.717, 1.165) is 44.3 Å². The lowest BCUT2D eigenvalue weighted by Crippen LogP contribution is -2.52. The summed E-state index contributed by atoms with van der Waals surface area (Å²) >= 11 is 0. The number of carbonyl (C=O) groups excluding carboxylic acids is 3. The number of carbonyl (C=O) groups is 3. The van der Waals surface area contributed by atoms with Crippen molar-refractivity contribution in [1.82, 2.24) is 20.9 Å². The van der Waals surface area contributed by atoms with Gasteiger partial charge in [0.15, 0.2) is 0 Å². The van der Waals surface area contributed by atoms with Crippen LogP contribution in [0.5, 0.6) is 0 Å². The summed E-state index contributed by atoms with van der Waals surface area (Å²) in [6, 6.07) is 18.6. The first kappa shape index (κ1) is 25.1. The van der Waals surface area contributed by atoms with E-state index in [1.165, 1.54) is 18.1 Å². The molecule has 2 aromatic rings. The molecule has 1 saturated carbocycles. The zero-order valence-electron chi connectivity index (χ0n) is 21.4. The summed E-state index contributed by atoms with van der Waals surface area (Å²) in [7, 11) is 0. The first-order valence-corrected chi connectivity index (χ1v) is 13.5. The van der Waals surface area contributed by atoms with Crippen LogP contribution in [0.3, 0.4) is 0 Å². The molecule has 5 atom stereocenters. The molecule has 0 unspecified atom stereocenters. The van der Waals surface area contributed by atoms with Crippen molar-refractivity contribution in [2.24, 2.45) is 11.8 Å². The van der Waals surface area contributed by atoms with Gasteiger partial charge in [-0.1, -0.05) is 61.4 Å². The number of para-hydroxylation sites is 1. The SMILES string of the molecule is CC(=O)NCCNC(=O)N[C@@H]1CCCC[C@@H]1C(=O)N1CC[C@H]2[C@H](c3ccccc3)Nc3ccccc3[C@@H]21. The van der Waals surface area contributed by atoms with Crippen LogP contribution >= 0.6 is 0 Å². The van der Waals surface area contributed by atoms with Crippen molar-refractivity contribution in [1.29, 1.82) is 0 Å². The Morgan fingerprint density at radius 3 is 2.46 bits per heavy atom. The van der Waals surface area contributed by atoms with Gasteiger partial charge < -0.3 is 26.2 Å². The number of nitrogens with zero attached hydrogens (tertiary/aromatic N) is 1. The van der Waals surface area contributed by atoms with E-state index in [4.69, 9.17) is 0 Å². The fraction of sp³-hybridized carbons (Fsp3) is 0.483. The molecule has 37 heavy (non-hydrogen) atoms. The Kier molecular flexibility index (Phi) is 7.63. The summed E-state index contributed by atoms with van der Waals surface area (Å²) in [5, 5.41) is 12.3. The highest BCUT2D eigenvalue weighted by Gasteiger charge is 2.48. The van der Waals surface area contributed by atoms with Gasteiger partial charge in [-0.2, -0.15) is 0 Å². The third kappa shape index (κ3) is 5.43. The minimum Gasteiger partial charge on any atom is -0.378 e. The largest absolute Gasteiger partial charge is 0.378 e. The van der Waals surface area contributed by atoms with Crippen molar-refractivity contribution in [2.45, 2.75) is 57.2 Å². The first-order valence-electron chi connectivity index (χ1n) is 13.5. The van der Waals surface area contributed by atoms with Crippen LogP contribution in [-0.2, 0) is 9.59 Å². The number of nitrogens with one attached hydrogen (secondary N) is 4. The van der Waals surface area contributed by atoms with Gasteiger partial charge in [-0.3, -0.25) is 9.59 Å². The van der Waals surface area contributed by atoms with Crippen LogP contribution in [0.2, 0.25) is 0 Å². The molecule has 1 saturated heterocycles. The summed E-state index contributed by atoms with van der Waals surface area (Å²) in [6.45, 7) is 2.89. The number of likely N-dealkylation sites (tertiary alicyclic amines) is 1. The van der Waals surface area contributed by atoms with Gasteiger partial charge in [-0.25, -0.2) is 4.79 Å². The van der Waals surface area contributed by atoms with E-state index in [9.17, 15) is 14.4 Å². The maximum atomic E-state index is 14.1. The van der Waals surface area contributed by atoms with Crippen molar-refractivity contribution < 1.29 is 14.4 Å². The molecule has 5 rings (SSSR count). The molecule has 8 heteroatoms. The van der Waals surface area contributed by atoms with E-state index in [1.54, 1.807) is 0 Å². The second kappa shape index (κ2) is 11.2. The highest BCUT2D eigenvalue weighted by molar-refractivity contribution is 5.83. The number of anilines is 1. The first-order chi connectivity index (χ1) is 18.0. The Hall–Kier alpha value is -3.55. The number of amides is 4. The molecule has 4 amide bonds. The van der Waals surface area contributed by atoms with Crippen LogP contribution in [0.15, 0.2) is 54.6 Å². The molecule has 0 bridgehead atoms. The molecule has 0 spiro atoms. The van der Waals surface area contributed by atoms with Gasteiger partial charge >= 0.3 is 6.03 Å². The predicted octanol–water partition coefficient (Wildman–Crippen LogP) is 3.74. The van der Waals surface area contributed by atoms with Crippen LogP contribution in [0.1, 0.15) is 62.2 Å². The molecule has 2 heterocycles. The number of benzene rings is 2. The molecule has 3 aliphatic rings. The molecule has 0 aromatic heterocycles. The highest BCUT2D eigenvalue weighted by atomic mass is 16.2. The van der Waals surface area contributed by atoms with Crippen LogP contribution in [0, 0.1) is 11.8 Å². The highest BCUT2D eigenvalue weighted by Crippen LogP contribution is 2.51. The molecule has 8 nitrogen and oxygen atoms in total. The minimum absolute atomic E-state index is 0.0178. The summed E-state index contributed by atoms with van der Waals surface area (Å²) in [5.41, 5.74) is 3.52. The van der Waals surface area contributed by atoms with E-state index in [2.05, 4.69) is 68.6 Å². The number of hydrogen-bond donors (Lipinski definition) is 4. The van der Waals surface area contributed by atoms with Gasteiger partial charge in [0.1, 0.15) is 0 Å². The maximum absolute atomic E-state index is 14.1. The van der Waals surface area contributed by atoms with Crippen LogP contribution < -0.4 is 21.3 Å². The van der Waals surface area contributed by atoms with Gasteiger partial charge in [-0.05, 0) is 36.5 Å². The standard InChI is InChI=1S/C29H37N5O3/c1-19(35)30-16-17-31-29(37)33-25-14-8-6-12-22(25)28(36)34-18-15-23-26(20-9-3-2-4-10-20)32-24-13-7-5-11-21(24)27(23)34/h2-5,7,9-11,13,22-23,25-27,32H,6,8,12,14-18H2,1H3,(H,30,35)(H2,31,33,37)/t22-,23-,25+,26-,27-/m0/s1. The second-order valence-corrected chi connectivity index (χ2v) is 10.4. The molecular weight excluding hydrogens is 466 g/mol. The van der Waals surface area contributed by atoms with Crippen molar-refractivity contribution in [3.8, 4) is 0 Å². The van der Waals surface area contributed by atoms with Crippen LogP contribution in [-0.4, -0.2) is 48.4 Å². The van der Waals surface area contributed by atoms with E-state index in [1.807, 2.05) is 12.1 Å². The topological polar surface area (TPSA) is 103 Å². The lowest BCUT2D eigenvalue weighted by molar-refractivity contribution is -0.139. The smallest absolute Gasteiger partial charge is 0.315 e. The summed E-state index contributed by atoms with van der Waals surface area (Å²) in [5.74, 6) is 0.0801. The van der Waals surface area contributed by atoms with Crippen LogP contribution in [0.4, 0.5) is 10.5 Å². The third-order valence-electron chi connectivity index (χ3n) is 8.09. The lowest BCUT2D eigenvalue weighted by Gasteiger charge is -2.42. The van der Waals surface area contributed by atoms with Gasteiger partial charge in [-0.15, -0.1) is 0 Å². The number of rotatable bonds is 6. The van der Waals surface area contributed by atoms with E-state index in [-0.39, 0.29) is 47.8 Å². The maximum Gasteiger partial charge on any atom is 0.315 e. The quantitative estimate of drug-likeness (QED) is 0.451. The van der Waals surface area contributed by atoms with E-state index < -0.39 is 0 Å². The summed E-state index contributed by atoms with van der Waals surface area (Å²) < 4.78 is 0. The molecule has 2 aromatic carbocycles. The molecule has 1 aliphatic carbocycles. The fourth-order valence-electron chi connectivity index (χ4n) is 6.41. The average molecular weight is 504 g/mol. The Bertz CT molecular complexity index is 1120. The van der Waals surface area contributed by atoms with Crippen molar-refractivity contribution in [3.05, 3.63) is 65.7 Å². The van der Waals surface area contributed by atoms with Gasteiger partial charge in [0, 0.05) is 44.2 Å². The van der Waals surface area contributed by atoms with Crippen molar-refractivity contribution in [2.75, 3.05) is 25.0 Å². The zero-order valence-corrected chi connectivity index (χ0v) is 21.4. The van der Waals surface area contributed by atoms with Gasteiger partial charge in [0.05, 0.1) is 18.0 Å². The Morgan fingerprint density at radius 1 is 0.919 bits per heavy atom. The zero-order chi connectivity index (χ0) is 25.8. The molecule has 196 valence electrons. The van der Waals surface area contributed by atoms with E-state index >= 15 is 0 Å². The minimum atomic E-state index is -0.286. The van der Waals surface area contributed by atoms with Crippen molar-refractivity contribution >= 4 is 23.5 Å². The number of hydrogen-bond acceptors (Lipinski definition) is 4. The van der Waals surface area contributed by atoms with Crippen molar-refractivity contribution in [3.63, 3.8) is 0 Å². The average Bonchev–Trinajstić information content (AvgIpc) is 3.37. The van der Waals surface area contributed by atoms with Gasteiger partial charge in [0.2, 0.25) is 11.8 Å². The monoisotopic (exact) mass is 503 g/mol. The summed E-state index contributed by atoms with van der Waals surface area (Å²) in [6.07, 6.45) is 4.50. The fourth-order valence-corrected chi connectivity index (χ4v) is 6.41. The van der Waals surface area contributed by atoms with Gasteiger partial charge in [0.25, 0.3) is 0 Å². The summed E-state index contributed by atoms with van der Waals surface area (Å²) in [4.78, 5) is 39.8. The molecule has 4 N–H and O–H groups in total. The number of fused-ring (bicyclic) bond motifs is 3. The molecule has 2 fully saturated rings. The van der Waals surface area contributed by atoms with Crippen LogP contribution in [0.25, 0.3) is 0 Å². The Balaban J connectivity index is 1.32. The normalized spacial score (nSPS) is 26.3.